The molecule has 0 radical (unpaired) electrons. The molecule has 0 bridgehead atoms. The Morgan fingerprint density at radius 1 is 1.56 bits per heavy atom. The van der Waals surface area contributed by atoms with Crippen molar-refractivity contribution in [3.63, 3.8) is 0 Å². The van der Waals surface area contributed by atoms with Crippen LogP contribution in [0.15, 0.2) is 22.8 Å². The normalized spacial score (nSPS) is 10.0. The van der Waals surface area contributed by atoms with Gasteiger partial charge in [0, 0.05) is 11.6 Å². The maximum absolute atomic E-state index is 11.6. The number of ether oxygens (including phenoxy) is 1. The summed E-state index contributed by atoms with van der Waals surface area (Å²) in [5, 5.41) is 0.950. The van der Waals surface area contributed by atoms with Crippen LogP contribution in [0.3, 0.4) is 0 Å². The molecule has 3 nitrogen and oxygen atoms in total. The molecule has 2 heterocycles. The first-order chi connectivity index (χ1) is 8.65. The second-order valence-electron chi connectivity index (χ2n) is 2.86. The van der Waals surface area contributed by atoms with E-state index in [0.29, 0.717) is 11.5 Å². The Kier molecular flexibility index (Phi) is 7.98. The average molecular weight is 510 g/mol. The van der Waals surface area contributed by atoms with Gasteiger partial charge in [-0.15, -0.1) is 11.3 Å². The zero-order chi connectivity index (χ0) is 13.5. The molecule has 8 heteroatoms. The number of carbonyl (C=O) groups is 1. The van der Waals surface area contributed by atoms with Gasteiger partial charge in [0.05, 0.1) is 11.1 Å². The number of thiophene rings is 1. The Hall–Kier alpha value is 0.539. The van der Waals surface area contributed by atoms with Gasteiger partial charge in [0.1, 0.15) is 9.71 Å². The van der Waals surface area contributed by atoms with Gasteiger partial charge in [-0.05, 0) is 35.0 Å². The zero-order valence-corrected chi connectivity index (χ0v) is 15.6. The SMILES string of the molecule is CCOC(=O)c1sc2ncccc2c1Br.[Br][Cu][Br]. The van der Waals surface area contributed by atoms with E-state index < -0.39 is 0 Å². The van der Waals surface area contributed by atoms with Crippen molar-refractivity contribution in [2.45, 2.75) is 6.92 Å². The van der Waals surface area contributed by atoms with E-state index in [1.54, 1.807) is 13.1 Å². The van der Waals surface area contributed by atoms with Crippen LogP contribution in [-0.4, -0.2) is 17.6 Å². The van der Waals surface area contributed by atoms with Gasteiger partial charge in [-0.25, -0.2) is 9.78 Å². The maximum atomic E-state index is 11.6. The van der Waals surface area contributed by atoms with Crippen LogP contribution < -0.4 is 0 Å². The van der Waals surface area contributed by atoms with Crippen molar-refractivity contribution < 1.29 is 20.9 Å². The van der Waals surface area contributed by atoms with E-state index in [1.807, 2.05) is 12.1 Å². The van der Waals surface area contributed by atoms with Crippen LogP contribution >= 0.6 is 55.5 Å². The number of esters is 1. The number of fused-ring (bicyclic) bond motifs is 1. The third kappa shape index (κ3) is 4.28. The molecule has 18 heavy (non-hydrogen) atoms. The van der Waals surface area contributed by atoms with Crippen LogP contribution in [0.5, 0.6) is 0 Å². The number of halogens is 3. The fourth-order valence-corrected chi connectivity index (χ4v) is 3.02. The molecule has 0 saturated carbocycles. The van der Waals surface area contributed by atoms with Crippen molar-refractivity contribution in [3.05, 3.63) is 27.7 Å². The molecule has 103 valence electrons. The summed E-state index contributed by atoms with van der Waals surface area (Å²) >= 11 is 12.1. The predicted molar refractivity (Wildman–Crippen MR) is 81.1 cm³/mol. The Morgan fingerprint density at radius 2 is 2.22 bits per heavy atom. The number of carbonyl (C=O) groups excluding carboxylic acids is 1. The summed E-state index contributed by atoms with van der Waals surface area (Å²) in [6.45, 7) is 2.17. The third-order valence-electron chi connectivity index (χ3n) is 1.87. The van der Waals surface area contributed by atoms with Crippen LogP contribution in [-0.2, 0) is 16.1 Å². The first-order valence-corrected chi connectivity index (χ1v) is 10.9. The summed E-state index contributed by atoms with van der Waals surface area (Å²) < 4.78 is 5.72. The Balaban J connectivity index is 0.000000492. The first-order valence-electron chi connectivity index (χ1n) is 4.67. The molecule has 0 spiro atoms. The van der Waals surface area contributed by atoms with E-state index in [2.05, 4.69) is 49.1 Å². The van der Waals surface area contributed by atoms with Gasteiger partial charge in [-0.3, -0.25) is 0 Å². The summed E-state index contributed by atoms with van der Waals surface area (Å²) in [4.78, 5) is 17.2. The van der Waals surface area contributed by atoms with E-state index in [4.69, 9.17) is 4.74 Å². The molecule has 0 aromatic carbocycles. The Bertz CT molecular complexity index is 535. The van der Waals surface area contributed by atoms with E-state index in [0.717, 1.165) is 14.7 Å². The molecule has 0 atom stereocenters. The minimum atomic E-state index is -0.299. The number of pyridine rings is 1. The Morgan fingerprint density at radius 3 is 2.78 bits per heavy atom. The molecule has 2 aromatic rings. The average Bonchev–Trinajstić information content (AvgIpc) is 2.69. The van der Waals surface area contributed by atoms with Gasteiger partial charge in [-0.2, -0.15) is 0 Å². The minimum absolute atomic E-state index is 0.299. The molecule has 0 amide bonds. The second kappa shape index (κ2) is 8.66. The van der Waals surface area contributed by atoms with Gasteiger partial charge < -0.3 is 4.74 Å². The van der Waals surface area contributed by atoms with E-state index in [-0.39, 0.29) is 5.97 Å². The van der Waals surface area contributed by atoms with Crippen molar-refractivity contribution in [2.24, 2.45) is 0 Å². The molecule has 0 aliphatic carbocycles. The summed E-state index contributed by atoms with van der Waals surface area (Å²) in [5.74, 6) is -0.299. The fraction of sp³-hybridized carbons (Fsp3) is 0.200. The summed E-state index contributed by atoms with van der Waals surface area (Å²) in [6.07, 6.45) is 1.71. The van der Waals surface area contributed by atoms with Crippen molar-refractivity contribution in [1.82, 2.24) is 4.98 Å². The standard InChI is InChI=1S/C10H8BrNO2S.2BrH.Cu/c1-2-14-10(13)8-7(11)6-4-3-5-12-9(6)15-8;;;/h3-5H,2H2,1H3;2*1H;/q;;;+2/p-2. The quantitative estimate of drug-likeness (QED) is 0.426. The van der Waals surface area contributed by atoms with Gasteiger partial charge >= 0.3 is 45.5 Å². The monoisotopic (exact) mass is 506 g/mol. The van der Waals surface area contributed by atoms with Crippen LogP contribution in [0.2, 0.25) is 0 Å². The van der Waals surface area contributed by atoms with Gasteiger partial charge in [0.2, 0.25) is 0 Å². The third-order valence-corrected chi connectivity index (χ3v) is 4.05. The number of hydrogen-bond acceptors (Lipinski definition) is 4. The van der Waals surface area contributed by atoms with Gasteiger partial charge in [0.25, 0.3) is 0 Å². The molecule has 2 aromatic heterocycles. The molecule has 0 N–H and O–H groups in total. The molecule has 0 saturated heterocycles. The van der Waals surface area contributed by atoms with Crippen molar-refractivity contribution in [3.8, 4) is 0 Å². The van der Waals surface area contributed by atoms with Crippen LogP contribution in [0.1, 0.15) is 16.6 Å². The van der Waals surface area contributed by atoms with Crippen molar-refractivity contribution in [1.29, 1.82) is 0 Å². The zero-order valence-electron chi connectivity index (χ0n) is 9.05. The predicted octanol–water partition coefficient (Wildman–Crippen LogP) is 4.92. The fourth-order valence-electron chi connectivity index (χ4n) is 1.23. The summed E-state index contributed by atoms with van der Waals surface area (Å²) in [7, 11) is 0. The molecule has 2 rings (SSSR count). The number of aromatic nitrogens is 1. The van der Waals surface area contributed by atoms with Crippen molar-refractivity contribution in [2.75, 3.05) is 6.61 Å². The van der Waals surface area contributed by atoms with Gasteiger partial charge in [0.15, 0.2) is 0 Å². The number of rotatable bonds is 2. The molecular formula is C10H8Br3CuNO2S. The molecule has 0 aliphatic rings. The van der Waals surface area contributed by atoms with E-state index in [9.17, 15) is 4.79 Å². The van der Waals surface area contributed by atoms with Crippen LogP contribution in [0.4, 0.5) is 0 Å². The van der Waals surface area contributed by atoms with Gasteiger partial charge in [-0.1, -0.05) is 0 Å². The molecular weight excluding hydrogens is 501 g/mol. The summed E-state index contributed by atoms with van der Waals surface area (Å²) in [6, 6.07) is 3.76. The van der Waals surface area contributed by atoms with Crippen LogP contribution in [0, 0.1) is 0 Å². The topological polar surface area (TPSA) is 39.2 Å². The molecule has 0 aliphatic heterocycles. The van der Waals surface area contributed by atoms with Crippen LogP contribution in [0.25, 0.3) is 10.2 Å². The van der Waals surface area contributed by atoms with E-state index >= 15 is 0 Å². The molecule has 0 unspecified atom stereocenters. The second-order valence-corrected chi connectivity index (χ2v) is 9.41. The van der Waals surface area contributed by atoms with E-state index in [1.165, 1.54) is 22.7 Å². The first kappa shape index (κ1) is 16.6. The number of nitrogens with zero attached hydrogens (tertiary/aromatic N) is 1. The van der Waals surface area contributed by atoms with Crippen molar-refractivity contribution >= 4 is 71.7 Å². The molecule has 0 fully saturated rings. The summed E-state index contributed by atoms with van der Waals surface area (Å²) in [5.41, 5.74) is 0. The number of hydrogen-bond donors (Lipinski definition) is 0. The Labute approximate surface area is 137 Å².